The number of furan rings is 1. The standard InChI is InChI=1S/C26H22N4O4/c1-2-20(31)29-8-6-15-4-3-5-17-19(14-30(10-9-29)23(15)17)22-21(25(32)28-26(22)33)18-13-27-12-16-7-11-34-24(16)18/h3-5,7,11-14H,2,6,8-10H2,1H3,(H,28,32,33). The molecule has 2 aliphatic heterocycles. The summed E-state index contributed by atoms with van der Waals surface area (Å²) in [6, 6.07) is 7.78. The van der Waals surface area contributed by atoms with Crippen molar-refractivity contribution in [1.82, 2.24) is 19.8 Å². The van der Waals surface area contributed by atoms with Gasteiger partial charge in [-0.25, -0.2) is 0 Å². The smallest absolute Gasteiger partial charge is 0.259 e. The van der Waals surface area contributed by atoms with E-state index in [4.69, 9.17) is 4.42 Å². The van der Waals surface area contributed by atoms with Gasteiger partial charge in [-0.3, -0.25) is 24.7 Å². The van der Waals surface area contributed by atoms with E-state index in [9.17, 15) is 14.4 Å². The van der Waals surface area contributed by atoms with Crippen LogP contribution in [0.4, 0.5) is 0 Å². The van der Waals surface area contributed by atoms with Crippen molar-refractivity contribution >= 4 is 50.7 Å². The SMILES string of the molecule is CCC(=O)N1CCc2cccc3c(C4=C(c5cncc6ccoc56)C(=O)NC4=O)cn(c23)CC1. The fourth-order valence-corrected chi connectivity index (χ4v) is 5.12. The van der Waals surface area contributed by atoms with Crippen molar-refractivity contribution in [3.8, 4) is 0 Å². The molecule has 0 atom stereocenters. The molecule has 8 heteroatoms. The van der Waals surface area contributed by atoms with Gasteiger partial charge < -0.3 is 13.9 Å². The zero-order valence-corrected chi connectivity index (χ0v) is 18.6. The van der Waals surface area contributed by atoms with Crippen LogP contribution in [0.1, 0.15) is 30.0 Å². The molecule has 0 radical (unpaired) electrons. The van der Waals surface area contributed by atoms with Gasteiger partial charge in [-0.05, 0) is 18.1 Å². The van der Waals surface area contributed by atoms with Crippen molar-refractivity contribution in [2.24, 2.45) is 0 Å². The molecule has 0 unspecified atom stereocenters. The third kappa shape index (κ3) is 2.98. The third-order valence-corrected chi connectivity index (χ3v) is 6.73. The van der Waals surface area contributed by atoms with E-state index < -0.39 is 11.8 Å². The first-order valence-electron chi connectivity index (χ1n) is 11.4. The van der Waals surface area contributed by atoms with E-state index in [1.807, 2.05) is 30.2 Å². The second-order valence-corrected chi connectivity index (χ2v) is 8.59. The van der Waals surface area contributed by atoms with E-state index in [2.05, 4.69) is 20.9 Å². The van der Waals surface area contributed by atoms with Crippen LogP contribution in [0.5, 0.6) is 0 Å². The molecule has 0 bridgehead atoms. The number of aromatic nitrogens is 2. The number of rotatable bonds is 3. The Labute approximate surface area is 194 Å². The molecule has 34 heavy (non-hydrogen) atoms. The first-order chi connectivity index (χ1) is 16.6. The van der Waals surface area contributed by atoms with Crippen LogP contribution in [-0.2, 0) is 27.3 Å². The summed E-state index contributed by atoms with van der Waals surface area (Å²) in [5, 5.41) is 4.13. The van der Waals surface area contributed by atoms with E-state index in [0.717, 1.165) is 28.3 Å². The monoisotopic (exact) mass is 454 g/mol. The predicted octanol–water partition coefficient (Wildman–Crippen LogP) is 3.14. The zero-order chi connectivity index (χ0) is 23.4. The number of pyridine rings is 1. The molecule has 1 aromatic carbocycles. The number of nitrogens with zero attached hydrogens (tertiary/aromatic N) is 3. The normalized spacial score (nSPS) is 16.3. The predicted molar refractivity (Wildman–Crippen MR) is 126 cm³/mol. The van der Waals surface area contributed by atoms with Crippen molar-refractivity contribution in [1.29, 1.82) is 0 Å². The van der Waals surface area contributed by atoms with Crippen molar-refractivity contribution in [3.05, 3.63) is 65.8 Å². The average Bonchev–Trinajstić information content (AvgIpc) is 3.52. The van der Waals surface area contributed by atoms with Gasteiger partial charge in [0.15, 0.2) is 0 Å². The Bertz CT molecular complexity index is 1540. The van der Waals surface area contributed by atoms with E-state index in [1.165, 1.54) is 0 Å². The molecule has 0 fully saturated rings. The van der Waals surface area contributed by atoms with Crippen LogP contribution in [0.3, 0.4) is 0 Å². The fraction of sp³-hybridized carbons (Fsp3) is 0.231. The minimum absolute atomic E-state index is 0.132. The van der Waals surface area contributed by atoms with Crippen molar-refractivity contribution in [2.75, 3.05) is 13.1 Å². The van der Waals surface area contributed by atoms with E-state index in [-0.39, 0.29) is 11.5 Å². The molecule has 4 aromatic rings. The molecule has 6 rings (SSSR count). The molecule has 0 spiro atoms. The third-order valence-electron chi connectivity index (χ3n) is 6.73. The van der Waals surface area contributed by atoms with Crippen LogP contribution in [0.2, 0.25) is 0 Å². The van der Waals surface area contributed by atoms with Gasteiger partial charge in [0.25, 0.3) is 11.8 Å². The number of hydrogen-bond donors (Lipinski definition) is 1. The van der Waals surface area contributed by atoms with Gasteiger partial charge in [0.2, 0.25) is 5.91 Å². The maximum Gasteiger partial charge on any atom is 0.259 e. The van der Waals surface area contributed by atoms with Crippen LogP contribution >= 0.6 is 0 Å². The molecule has 1 N–H and O–H groups in total. The summed E-state index contributed by atoms with van der Waals surface area (Å²) in [6.45, 7) is 3.73. The van der Waals surface area contributed by atoms with E-state index in [1.54, 1.807) is 24.7 Å². The molecule has 0 saturated heterocycles. The summed E-state index contributed by atoms with van der Waals surface area (Å²) in [5.74, 6) is -0.773. The van der Waals surface area contributed by atoms with Gasteiger partial charge in [0.1, 0.15) is 5.58 Å². The van der Waals surface area contributed by atoms with Crippen molar-refractivity contribution in [3.63, 3.8) is 0 Å². The maximum atomic E-state index is 13.1. The second-order valence-electron chi connectivity index (χ2n) is 8.59. The molecular weight excluding hydrogens is 432 g/mol. The van der Waals surface area contributed by atoms with Crippen molar-refractivity contribution in [2.45, 2.75) is 26.3 Å². The number of carbonyl (C=O) groups excluding carboxylic acids is 3. The summed E-state index contributed by atoms with van der Waals surface area (Å²) in [5.41, 5.74) is 4.42. The highest BCUT2D eigenvalue weighted by molar-refractivity contribution is 6.50. The molecule has 8 nitrogen and oxygen atoms in total. The number of fused-ring (bicyclic) bond motifs is 1. The second kappa shape index (κ2) is 7.69. The quantitative estimate of drug-likeness (QED) is 0.480. The molecule has 0 aliphatic carbocycles. The van der Waals surface area contributed by atoms with E-state index in [0.29, 0.717) is 48.3 Å². The fourth-order valence-electron chi connectivity index (χ4n) is 5.12. The Morgan fingerprint density at radius 1 is 1.06 bits per heavy atom. The Hall–Kier alpha value is -4.20. The number of hydrogen-bond acceptors (Lipinski definition) is 5. The zero-order valence-electron chi connectivity index (χ0n) is 18.6. The molecule has 170 valence electrons. The first kappa shape index (κ1) is 20.4. The van der Waals surface area contributed by atoms with Crippen LogP contribution < -0.4 is 5.32 Å². The van der Waals surface area contributed by atoms with Gasteiger partial charge >= 0.3 is 0 Å². The summed E-state index contributed by atoms with van der Waals surface area (Å²) in [4.78, 5) is 44.6. The molecule has 5 heterocycles. The van der Waals surface area contributed by atoms with Crippen LogP contribution in [0.15, 0.2) is 53.5 Å². The Kier molecular flexibility index (Phi) is 4.62. The van der Waals surface area contributed by atoms with E-state index >= 15 is 0 Å². The Morgan fingerprint density at radius 3 is 2.71 bits per heavy atom. The van der Waals surface area contributed by atoms with Gasteiger partial charge in [-0.2, -0.15) is 0 Å². The maximum absolute atomic E-state index is 13.1. The van der Waals surface area contributed by atoms with Gasteiger partial charge in [0.05, 0.1) is 22.9 Å². The molecule has 3 aromatic heterocycles. The Morgan fingerprint density at radius 2 is 1.88 bits per heavy atom. The lowest BCUT2D eigenvalue weighted by molar-refractivity contribution is -0.131. The van der Waals surface area contributed by atoms with Crippen LogP contribution in [-0.4, -0.2) is 45.3 Å². The lowest BCUT2D eigenvalue weighted by Gasteiger charge is -2.25. The molecular formula is C26H22N4O4. The number of amides is 3. The molecule has 3 amide bonds. The number of para-hydroxylation sites is 1. The summed E-state index contributed by atoms with van der Waals surface area (Å²) in [6.07, 6.45) is 7.89. The van der Waals surface area contributed by atoms with Gasteiger partial charge in [-0.1, -0.05) is 25.1 Å². The minimum Gasteiger partial charge on any atom is -0.464 e. The molecule has 2 aliphatic rings. The van der Waals surface area contributed by atoms with Gasteiger partial charge in [-0.15, -0.1) is 0 Å². The van der Waals surface area contributed by atoms with Gasteiger partial charge in [0, 0.05) is 66.5 Å². The topological polar surface area (TPSA) is 97.4 Å². The number of benzene rings is 1. The highest BCUT2D eigenvalue weighted by Gasteiger charge is 2.36. The largest absolute Gasteiger partial charge is 0.464 e. The number of carbonyl (C=O) groups is 3. The number of nitrogens with one attached hydrogen (secondary N) is 1. The minimum atomic E-state index is -0.466. The summed E-state index contributed by atoms with van der Waals surface area (Å²) >= 11 is 0. The molecule has 0 saturated carbocycles. The average molecular weight is 454 g/mol. The Balaban J connectivity index is 1.57. The lowest BCUT2D eigenvalue weighted by Crippen LogP contribution is -2.36. The first-order valence-corrected chi connectivity index (χ1v) is 11.4. The highest BCUT2D eigenvalue weighted by atomic mass is 16.3. The summed E-state index contributed by atoms with van der Waals surface area (Å²) in [7, 11) is 0. The summed E-state index contributed by atoms with van der Waals surface area (Å²) < 4.78 is 7.74. The van der Waals surface area contributed by atoms with Crippen LogP contribution in [0.25, 0.3) is 33.0 Å². The lowest BCUT2D eigenvalue weighted by atomic mass is 9.95. The van der Waals surface area contributed by atoms with Crippen LogP contribution in [0, 0.1) is 0 Å². The highest BCUT2D eigenvalue weighted by Crippen LogP contribution is 2.39. The van der Waals surface area contributed by atoms with Crippen molar-refractivity contribution < 1.29 is 18.8 Å². The number of imide groups is 1.